The van der Waals surface area contributed by atoms with Gasteiger partial charge in [0.25, 0.3) is 0 Å². The van der Waals surface area contributed by atoms with Gasteiger partial charge in [-0.2, -0.15) is 0 Å². The van der Waals surface area contributed by atoms with Gasteiger partial charge in [0.05, 0.1) is 0 Å². The van der Waals surface area contributed by atoms with Crippen molar-refractivity contribution in [2.45, 2.75) is 27.7 Å². The van der Waals surface area contributed by atoms with E-state index in [1.807, 2.05) is 0 Å². The summed E-state index contributed by atoms with van der Waals surface area (Å²) in [5.74, 6) is -0.750. The van der Waals surface area contributed by atoms with Crippen LogP contribution in [0, 0.1) is 0 Å². The van der Waals surface area contributed by atoms with Crippen molar-refractivity contribution in [3.8, 4) is 0 Å². The van der Waals surface area contributed by atoms with E-state index in [1.54, 1.807) is 0 Å². The van der Waals surface area contributed by atoms with E-state index in [4.69, 9.17) is 0 Å². The molecule has 0 radical (unpaired) electrons. The Bertz CT molecular complexity index is 234. The molecule has 0 fully saturated rings. The van der Waals surface area contributed by atoms with Crippen molar-refractivity contribution in [2.75, 3.05) is 0 Å². The minimum Gasteiger partial charge on any atom is -0.876 e. The molecule has 0 bridgehead atoms. The molecule has 0 aromatic heterocycles. The van der Waals surface area contributed by atoms with Gasteiger partial charge in [-0.1, -0.05) is 13.8 Å². The van der Waals surface area contributed by atoms with Crippen LogP contribution >= 0.6 is 0 Å². The molecule has 100 valence electrons. The van der Waals surface area contributed by atoms with Gasteiger partial charge in [-0.25, -0.2) is 0 Å². The molecule has 0 amide bonds. The van der Waals surface area contributed by atoms with Gasteiger partial charge in [-0.15, -0.1) is 11.5 Å². The molecule has 0 spiro atoms. The van der Waals surface area contributed by atoms with Crippen molar-refractivity contribution >= 4 is 11.6 Å². The van der Waals surface area contributed by atoms with E-state index >= 15 is 0 Å². The number of carbonyl (C=O) groups excluding carboxylic acids is 2. The maximum absolute atomic E-state index is 9.98. The maximum Gasteiger partial charge on any atom is 2.00 e. The Labute approximate surface area is 115 Å². The van der Waals surface area contributed by atoms with E-state index in [-0.39, 0.29) is 55.1 Å². The van der Waals surface area contributed by atoms with Crippen LogP contribution in [0.4, 0.5) is 0 Å². The minimum absolute atomic E-state index is 0. The van der Waals surface area contributed by atoms with Gasteiger partial charge >= 0.3 is 21.1 Å². The number of hydrogen-bond acceptors (Lipinski definition) is 4. The average Bonchev–Trinajstić information content (AvgIpc) is 1.79. The van der Waals surface area contributed by atoms with Gasteiger partial charge in [0.2, 0.25) is 0 Å². The Kier molecular flexibility index (Phi) is 30.5. The zero-order valence-corrected chi connectivity index (χ0v) is 12.2. The molecule has 7 heteroatoms. The first-order chi connectivity index (χ1) is 6.25. The van der Waals surface area contributed by atoms with Crippen molar-refractivity contribution in [1.29, 1.82) is 0 Å². The van der Waals surface area contributed by atoms with Crippen LogP contribution in [0.15, 0.2) is 23.7 Å². The molecule has 0 saturated carbocycles. The third-order valence-electron chi connectivity index (χ3n) is 0.813. The van der Waals surface area contributed by atoms with Gasteiger partial charge in [0.15, 0.2) is 11.6 Å². The molecule has 0 aromatic rings. The van der Waals surface area contributed by atoms with E-state index < -0.39 is 0 Å². The maximum atomic E-state index is 9.98. The summed E-state index contributed by atoms with van der Waals surface area (Å²) in [6.07, 6.45) is 2.11. The zero-order chi connectivity index (χ0) is 11.7. The van der Waals surface area contributed by atoms with Gasteiger partial charge in [0.1, 0.15) is 0 Å². The summed E-state index contributed by atoms with van der Waals surface area (Å²) >= 11 is 0. The van der Waals surface area contributed by atoms with Crippen molar-refractivity contribution < 1.29 is 51.8 Å². The SMILES string of the molecule is CC(=O)/C=C(/C)[O-].CC(=O)/C=C(\C)[O-].O.O.[Mo+2]. The van der Waals surface area contributed by atoms with Crippen LogP contribution in [0.25, 0.3) is 0 Å². The first kappa shape index (κ1) is 29.8. The van der Waals surface area contributed by atoms with Crippen LogP contribution in [0.1, 0.15) is 27.7 Å². The van der Waals surface area contributed by atoms with Crippen molar-refractivity contribution in [3.63, 3.8) is 0 Å². The van der Waals surface area contributed by atoms with E-state index in [1.165, 1.54) is 27.7 Å². The second kappa shape index (κ2) is 17.4. The molecule has 0 aliphatic heterocycles. The number of hydrogen-bond donors (Lipinski definition) is 0. The van der Waals surface area contributed by atoms with Crippen LogP contribution in [0.2, 0.25) is 0 Å². The van der Waals surface area contributed by atoms with Gasteiger partial charge in [-0.05, 0) is 26.0 Å². The molecule has 0 heterocycles. The van der Waals surface area contributed by atoms with Crippen molar-refractivity contribution in [1.82, 2.24) is 0 Å². The van der Waals surface area contributed by atoms with Crippen LogP contribution < -0.4 is 10.2 Å². The van der Waals surface area contributed by atoms with Gasteiger partial charge in [0, 0.05) is 0 Å². The molecular weight excluding hydrogens is 312 g/mol. The molecule has 0 aromatic carbocycles. The first-order valence-corrected chi connectivity index (χ1v) is 3.97. The molecule has 0 saturated heterocycles. The summed E-state index contributed by atoms with van der Waals surface area (Å²) in [6, 6.07) is 0. The monoisotopic (exact) mass is 332 g/mol. The summed E-state index contributed by atoms with van der Waals surface area (Å²) < 4.78 is 0. The Morgan fingerprint density at radius 1 is 0.765 bits per heavy atom. The van der Waals surface area contributed by atoms with E-state index in [2.05, 4.69) is 0 Å². The molecule has 0 atom stereocenters. The molecule has 6 nitrogen and oxygen atoms in total. The Morgan fingerprint density at radius 3 is 0.941 bits per heavy atom. The topological polar surface area (TPSA) is 143 Å². The zero-order valence-electron chi connectivity index (χ0n) is 10.2. The standard InChI is InChI=1S/2C5H8O2.Mo.2H2O/c2*1-4(6)3-5(2)7;;;/h2*3,6H,1-2H3;;2*1H2/q;;+2;;/p-2/b4-3+;4-3-;;;. The molecule has 0 aliphatic rings. The van der Waals surface area contributed by atoms with Gasteiger partial charge < -0.3 is 21.2 Å². The average molecular weight is 330 g/mol. The smallest absolute Gasteiger partial charge is 0.876 e. The third kappa shape index (κ3) is 51.6. The Balaban J connectivity index is -0.0000000480. The quantitative estimate of drug-likeness (QED) is 0.328. The first-order valence-electron chi connectivity index (χ1n) is 3.97. The predicted molar refractivity (Wildman–Crippen MR) is 56.1 cm³/mol. The van der Waals surface area contributed by atoms with Crippen molar-refractivity contribution in [2.24, 2.45) is 0 Å². The summed E-state index contributed by atoms with van der Waals surface area (Å²) in [4.78, 5) is 20.0. The largest absolute Gasteiger partial charge is 2.00 e. The molecule has 0 unspecified atom stereocenters. The normalized spacial score (nSPS) is 9.41. The summed E-state index contributed by atoms with van der Waals surface area (Å²) in [7, 11) is 0. The Hall–Kier alpha value is -0.972. The van der Waals surface area contributed by atoms with E-state index in [9.17, 15) is 19.8 Å². The van der Waals surface area contributed by atoms with Crippen LogP contribution in [-0.4, -0.2) is 22.5 Å². The van der Waals surface area contributed by atoms with Crippen molar-refractivity contribution in [3.05, 3.63) is 23.7 Å². The molecular formula is C10H18MoO6. The second-order valence-electron chi connectivity index (χ2n) is 2.73. The van der Waals surface area contributed by atoms with Crippen LogP contribution in [0.5, 0.6) is 0 Å². The Morgan fingerprint density at radius 2 is 0.941 bits per heavy atom. The van der Waals surface area contributed by atoms with E-state index in [0.717, 1.165) is 12.2 Å². The number of carbonyl (C=O) groups is 2. The summed E-state index contributed by atoms with van der Waals surface area (Å²) in [6.45, 7) is 5.39. The second-order valence-corrected chi connectivity index (χ2v) is 2.73. The van der Waals surface area contributed by atoms with E-state index in [0.29, 0.717) is 0 Å². The molecule has 17 heavy (non-hydrogen) atoms. The summed E-state index contributed by atoms with van der Waals surface area (Å²) in [5, 5.41) is 20.0. The summed E-state index contributed by atoms with van der Waals surface area (Å²) in [5.41, 5.74) is 0. The minimum atomic E-state index is -0.187. The fourth-order valence-electron chi connectivity index (χ4n) is 0.572. The predicted octanol–water partition coefficient (Wildman–Crippen LogP) is -1.97. The molecule has 0 aliphatic carbocycles. The number of allylic oxidation sites excluding steroid dienone is 4. The van der Waals surface area contributed by atoms with Gasteiger partial charge in [-0.3, -0.25) is 9.59 Å². The van der Waals surface area contributed by atoms with Crippen LogP contribution in [0.3, 0.4) is 0 Å². The molecule has 4 N–H and O–H groups in total. The third-order valence-corrected chi connectivity index (χ3v) is 0.813. The van der Waals surface area contributed by atoms with Crippen LogP contribution in [-0.2, 0) is 30.7 Å². The number of ketones is 2. The fourth-order valence-corrected chi connectivity index (χ4v) is 0.572. The fraction of sp³-hybridized carbons (Fsp3) is 0.400. The molecule has 0 rings (SSSR count). The number of rotatable bonds is 2.